The Bertz CT molecular complexity index is 468. The molecule has 1 aliphatic heterocycles. The third kappa shape index (κ3) is 5.12. The van der Waals surface area contributed by atoms with Gasteiger partial charge in [0.2, 0.25) is 0 Å². The van der Waals surface area contributed by atoms with Gasteiger partial charge < -0.3 is 10.2 Å². The summed E-state index contributed by atoms with van der Waals surface area (Å²) in [6, 6.07) is 5.80. The van der Waals surface area contributed by atoms with Gasteiger partial charge in [-0.1, -0.05) is 19.9 Å². The zero-order valence-electron chi connectivity index (χ0n) is 12.9. The molecule has 21 heavy (non-hydrogen) atoms. The van der Waals surface area contributed by atoms with Gasteiger partial charge in [-0.25, -0.2) is 4.39 Å². The Morgan fingerprint density at radius 2 is 2.05 bits per heavy atom. The average Bonchev–Trinajstić information content (AvgIpc) is 2.42. The van der Waals surface area contributed by atoms with Gasteiger partial charge >= 0.3 is 0 Å². The third-order valence-corrected chi connectivity index (χ3v) is 3.97. The minimum Gasteiger partial charge on any atom is -0.352 e. The number of hydrogen-bond acceptors (Lipinski definition) is 2. The molecule has 1 N–H and O–H groups in total. The first-order valence-electron chi connectivity index (χ1n) is 7.80. The van der Waals surface area contributed by atoms with Crippen molar-refractivity contribution in [2.45, 2.75) is 26.7 Å². The SMILES string of the molecule is C[C@@H]1C[C@@H](C)CN(CCCNC(=O)c2cccc(F)c2)C1. The Labute approximate surface area is 126 Å². The Kier molecular flexibility index (Phi) is 5.74. The zero-order valence-corrected chi connectivity index (χ0v) is 12.9. The first-order chi connectivity index (χ1) is 10.0. The summed E-state index contributed by atoms with van der Waals surface area (Å²) >= 11 is 0. The van der Waals surface area contributed by atoms with Crippen LogP contribution in [-0.2, 0) is 0 Å². The summed E-state index contributed by atoms with van der Waals surface area (Å²) < 4.78 is 13.0. The fourth-order valence-electron chi connectivity index (χ4n) is 3.21. The highest BCUT2D eigenvalue weighted by Gasteiger charge is 2.21. The number of amides is 1. The van der Waals surface area contributed by atoms with Gasteiger partial charge in [-0.05, 0) is 49.4 Å². The van der Waals surface area contributed by atoms with E-state index in [1.807, 2.05) is 0 Å². The van der Waals surface area contributed by atoms with Crippen molar-refractivity contribution in [3.63, 3.8) is 0 Å². The van der Waals surface area contributed by atoms with Gasteiger partial charge in [-0.15, -0.1) is 0 Å². The molecule has 1 saturated heterocycles. The summed E-state index contributed by atoms with van der Waals surface area (Å²) in [6.07, 6.45) is 2.24. The van der Waals surface area contributed by atoms with Crippen LogP contribution in [0.5, 0.6) is 0 Å². The predicted octanol–water partition coefficient (Wildman–Crippen LogP) is 2.92. The molecule has 1 heterocycles. The van der Waals surface area contributed by atoms with Crippen molar-refractivity contribution >= 4 is 5.91 Å². The Morgan fingerprint density at radius 1 is 1.33 bits per heavy atom. The van der Waals surface area contributed by atoms with E-state index < -0.39 is 0 Å². The Hall–Kier alpha value is -1.42. The lowest BCUT2D eigenvalue weighted by Crippen LogP contribution is -2.40. The third-order valence-electron chi connectivity index (χ3n) is 3.97. The van der Waals surface area contributed by atoms with Crippen LogP contribution in [0.25, 0.3) is 0 Å². The zero-order chi connectivity index (χ0) is 15.2. The van der Waals surface area contributed by atoms with Crippen LogP contribution >= 0.6 is 0 Å². The van der Waals surface area contributed by atoms with Crippen molar-refractivity contribution in [1.82, 2.24) is 10.2 Å². The maximum Gasteiger partial charge on any atom is 0.251 e. The maximum absolute atomic E-state index is 13.0. The summed E-state index contributed by atoms with van der Waals surface area (Å²) in [5, 5.41) is 2.86. The van der Waals surface area contributed by atoms with Crippen LogP contribution in [0.15, 0.2) is 24.3 Å². The highest BCUT2D eigenvalue weighted by molar-refractivity contribution is 5.94. The Balaban J connectivity index is 1.69. The minimum atomic E-state index is -0.376. The lowest BCUT2D eigenvalue weighted by Gasteiger charge is -2.34. The van der Waals surface area contributed by atoms with Crippen molar-refractivity contribution in [3.8, 4) is 0 Å². The first-order valence-corrected chi connectivity index (χ1v) is 7.80. The fourth-order valence-corrected chi connectivity index (χ4v) is 3.21. The largest absolute Gasteiger partial charge is 0.352 e. The van der Waals surface area contributed by atoms with Crippen LogP contribution in [0.4, 0.5) is 4.39 Å². The highest BCUT2D eigenvalue weighted by atomic mass is 19.1. The summed E-state index contributed by atoms with van der Waals surface area (Å²) in [7, 11) is 0. The smallest absolute Gasteiger partial charge is 0.251 e. The molecule has 2 atom stereocenters. The number of benzene rings is 1. The molecule has 1 fully saturated rings. The Morgan fingerprint density at radius 3 is 2.71 bits per heavy atom. The average molecular weight is 292 g/mol. The van der Waals surface area contributed by atoms with Gasteiger partial charge in [0, 0.05) is 25.2 Å². The number of nitrogens with one attached hydrogen (secondary N) is 1. The molecule has 4 heteroatoms. The van der Waals surface area contributed by atoms with E-state index in [4.69, 9.17) is 0 Å². The molecule has 1 aromatic rings. The lowest BCUT2D eigenvalue weighted by molar-refractivity contribution is 0.0947. The normalized spacial score (nSPS) is 23.0. The number of piperidine rings is 1. The minimum absolute atomic E-state index is 0.199. The monoisotopic (exact) mass is 292 g/mol. The number of rotatable bonds is 5. The summed E-state index contributed by atoms with van der Waals surface area (Å²) in [5.74, 6) is 0.945. The molecular weight excluding hydrogens is 267 g/mol. The van der Waals surface area contributed by atoms with Gasteiger partial charge in [-0.2, -0.15) is 0 Å². The van der Waals surface area contributed by atoms with Gasteiger partial charge in [0.25, 0.3) is 5.91 Å². The van der Waals surface area contributed by atoms with Crippen LogP contribution in [0.3, 0.4) is 0 Å². The summed E-state index contributed by atoms with van der Waals surface area (Å²) in [5.41, 5.74) is 0.384. The molecule has 116 valence electrons. The molecule has 2 rings (SSSR count). The molecule has 0 radical (unpaired) electrons. The van der Waals surface area contributed by atoms with Crippen LogP contribution in [-0.4, -0.2) is 37.0 Å². The molecule has 0 aliphatic carbocycles. The number of carbonyl (C=O) groups excluding carboxylic acids is 1. The van der Waals surface area contributed by atoms with Crippen LogP contribution < -0.4 is 5.32 Å². The molecule has 1 aromatic carbocycles. The number of hydrogen-bond donors (Lipinski definition) is 1. The van der Waals surface area contributed by atoms with Crippen molar-refractivity contribution in [3.05, 3.63) is 35.6 Å². The predicted molar refractivity (Wildman–Crippen MR) is 82.7 cm³/mol. The van der Waals surface area contributed by atoms with Crippen LogP contribution in [0.2, 0.25) is 0 Å². The molecule has 3 nitrogen and oxygen atoms in total. The topological polar surface area (TPSA) is 32.3 Å². The molecule has 1 aliphatic rings. The second-order valence-electron chi connectivity index (χ2n) is 6.33. The lowest BCUT2D eigenvalue weighted by atomic mass is 9.92. The van der Waals surface area contributed by atoms with E-state index in [0.717, 1.165) is 37.9 Å². The highest BCUT2D eigenvalue weighted by Crippen LogP contribution is 2.20. The first kappa shape index (κ1) is 16.0. The van der Waals surface area contributed by atoms with Crippen molar-refractivity contribution in [2.24, 2.45) is 11.8 Å². The number of nitrogens with zero attached hydrogens (tertiary/aromatic N) is 1. The number of halogens is 1. The van der Waals surface area contributed by atoms with Gasteiger partial charge in [-0.3, -0.25) is 4.79 Å². The maximum atomic E-state index is 13.0. The van der Waals surface area contributed by atoms with Crippen molar-refractivity contribution < 1.29 is 9.18 Å². The molecule has 1 amide bonds. The van der Waals surface area contributed by atoms with Crippen molar-refractivity contribution in [1.29, 1.82) is 0 Å². The van der Waals surface area contributed by atoms with E-state index in [9.17, 15) is 9.18 Å². The number of carbonyl (C=O) groups is 1. The second kappa shape index (κ2) is 7.55. The van der Waals surface area contributed by atoms with E-state index in [0.29, 0.717) is 12.1 Å². The van der Waals surface area contributed by atoms with E-state index >= 15 is 0 Å². The van der Waals surface area contributed by atoms with E-state index in [2.05, 4.69) is 24.1 Å². The number of likely N-dealkylation sites (tertiary alicyclic amines) is 1. The molecule has 0 bridgehead atoms. The fraction of sp³-hybridized carbons (Fsp3) is 0.588. The van der Waals surface area contributed by atoms with Crippen LogP contribution in [0, 0.1) is 17.7 Å². The summed E-state index contributed by atoms with van der Waals surface area (Å²) in [4.78, 5) is 14.3. The van der Waals surface area contributed by atoms with Gasteiger partial charge in [0.1, 0.15) is 5.82 Å². The molecule has 0 spiro atoms. The molecule has 0 unspecified atom stereocenters. The van der Waals surface area contributed by atoms with Crippen molar-refractivity contribution in [2.75, 3.05) is 26.2 Å². The van der Waals surface area contributed by atoms with Gasteiger partial charge in [0.15, 0.2) is 0 Å². The molecular formula is C17H25FN2O. The van der Waals surface area contributed by atoms with Crippen LogP contribution in [0.1, 0.15) is 37.0 Å². The quantitative estimate of drug-likeness (QED) is 0.846. The van der Waals surface area contributed by atoms with E-state index in [1.165, 1.54) is 18.6 Å². The van der Waals surface area contributed by atoms with Gasteiger partial charge in [0.05, 0.1) is 0 Å². The molecule has 0 saturated carbocycles. The van der Waals surface area contributed by atoms with E-state index in [-0.39, 0.29) is 11.7 Å². The summed E-state index contributed by atoms with van der Waals surface area (Å²) in [6.45, 7) is 8.56. The standard InChI is InChI=1S/C17H25FN2O/c1-13-9-14(2)12-20(11-13)8-4-7-19-17(21)15-5-3-6-16(18)10-15/h3,5-6,10,13-14H,4,7-9,11-12H2,1-2H3,(H,19,21)/t13-,14-/m1/s1. The molecule has 0 aromatic heterocycles. The second-order valence-corrected chi connectivity index (χ2v) is 6.33. The van der Waals surface area contributed by atoms with E-state index in [1.54, 1.807) is 12.1 Å².